The zero-order valence-electron chi connectivity index (χ0n) is 13.4. The van der Waals surface area contributed by atoms with Gasteiger partial charge in [0.05, 0.1) is 11.6 Å². The highest BCUT2D eigenvalue weighted by molar-refractivity contribution is 5.78. The van der Waals surface area contributed by atoms with Crippen LogP contribution >= 0.6 is 0 Å². The summed E-state index contributed by atoms with van der Waals surface area (Å²) in [4.78, 5) is 16.1. The molecule has 25 heavy (non-hydrogen) atoms. The fourth-order valence-corrected chi connectivity index (χ4v) is 2.81. The molecular formula is C19H16FN5. The maximum Gasteiger partial charge on any atom is 0.177 e. The van der Waals surface area contributed by atoms with E-state index in [0.29, 0.717) is 17.9 Å². The van der Waals surface area contributed by atoms with Crippen molar-refractivity contribution < 1.29 is 4.39 Å². The minimum absolute atomic E-state index is 0.266. The first-order valence-corrected chi connectivity index (χ1v) is 7.95. The molecule has 3 aromatic heterocycles. The SMILES string of the molecule is NC(Cc1cccc(F)c1)c1nc2ncc(-c3ccncc3)cc2[nH]1. The molecule has 0 aliphatic carbocycles. The zero-order chi connectivity index (χ0) is 17.2. The molecular weight excluding hydrogens is 317 g/mol. The lowest BCUT2D eigenvalue weighted by atomic mass is 10.1. The van der Waals surface area contributed by atoms with Crippen molar-refractivity contribution in [2.75, 3.05) is 0 Å². The molecule has 0 saturated carbocycles. The maximum atomic E-state index is 13.3. The van der Waals surface area contributed by atoms with E-state index in [1.165, 1.54) is 12.1 Å². The second kappa shape index (κ2) is 6.41. The van der Waals surface area contributed by atoms with Crippen LogP contribution in [-0.4, -0.2) is 19.9 Å². The van der Waals surface area contributed by atoms with Crippen molar-refractivity contribution in [1.29, 1.82) is 0 Å². The molecule has 4 rings (SSSR count). The van der Waals surface area contributed by atoms with Crippen molar-refractivity contribution >= 4 is 11.2 Å². The van der Waals surface area contributed by atoms with Gasteiger partial charge in [-0.2, -0.15) is 0 Å². The van der Waals surface area contributed by atoms with Gasteiger partial charge in [0.25, 0.3) is 0 Å². The van der Waals surface area contributed by atoms with Gasteiger partial charge in [-0.1, -0.05) is 12.1 Å². The van der Waals surface area contributed by atoms with Gasteiger partial charge in [0.15, 0.2) is 5.65 Å². The van der Waals surface area contributed by atoms with E-state index in [1.54, 1.807) is 24.7 Å². The molecule has 0 bridgehead atoms. The molecule has 0 aliphatic rings. The minimum Gasteiger partial charge on any atom is -0.339 e. The monoisotopic (exact) mass is 333 g/mol. The Kier molecular flexibility index (Phi) is 3.95. The van der Waals surface area contributed by atoms with Crippen molar-refractivity contribution in [2.24, 2.45) is 5.73 Å². The van der Waals surface area contributed by atoms with Crippen LogP contribution in [0.25, 0.3) is 22.3 Å². The molecule has 3 N–H and O–H groups in total. The fourth-order valence-electron chi connectivity index (χ4n) is 2.81. The quantitative estimate of drug-likeness (QED) is 0.600. The highest BCUT2D eigenvalue weighted by Gasteiger charge is 2.14. The lowest BCUT2D eigenvalue weighted by Crippen LogP contribution is -2.15. The predicted octanol–water partition coefficient (Wildman–Crippen LogP) is 3.40. The summed E-state index contributed by atoms with van der Waals surface area (Å²) >= 11 is 0. The van der Waals surface area contributed by atoms with Crippen molar-refractivity contribution in [2.45, 2.75) is 12.5 Å². The molecule has 0 spiro atoms. The third kappa shape index (κ3) is 3.25. The Bertz CT molecular complexity index is 1010. The molecule has 0 fully saturated rings. The average molecular weight is 333 g/mol. The van der Waals surface area contributed by atoms with E-state index in [4.69, 9.17) is 5.73 Å². The Morgan fingerprint density at radius 2 is 1.92 bits per heavy atom. The second-order valence-electron chi connectivity index (χ2n) is 5.89. The van der Waals surface area contributed by atoms with Crippen LogP contribution in [0.4, 0.5) is 4.39 Å². The van der Waals surface area contributed by atoms with E-state index < -0.39 is 0 Å². The van der Waals surface area contributed by atoms with Gasteiger partial charge in [-0.15, -0.1) is 0 Å². The topological polar surface area (TPSA) is 80.5 Å². The highest BCUT2D eigenvalue weighted by Crippen LogP contribution is 2.23. The summed E-state index contributed by atoms with van der Waals surface area (Å²) in [5.41, 5.74) is 10.5. The molecule has 124 valence electrons. The molecule has 3 heterocycles. The van der Waals surface area contributed by atoms with Gasteiger partial charge in [0, 0.05) is 24.2 Å². The van der Waals surface area contributed by atoms with Gasteiger partial charge in [0.1, 0.15) is 11.6 Å². The third-order valence-corrected chi connectivity index (χ3v) is 4.07. The van der Waals surface area contributed by atoms with Crippen molar-refractivity contribution in [3.63, 3.8) is 0 Å². The number of hydrogen-bond acceptors (Lipinski definition) is 4. The molecule has 6 heteroatoms. The number of rotatable bonds is 4. The summed E-state index contributed by atoms with van der Waals surface area (Å²) in [6, 6.07) is 11.9. The summed E-state index contributed by atoms with van der Waals surface area (Å²) in [6.45, 7) is 0. The Morgan fingerprint density at radius 1 is 1.08 bits per heavy atom. The van der Waals surface area contributed by atoms with Crippen LogP contribution in [-0.2, 0) is 6.42 Å². The summed E-state index contributed by atoms with van der Waals surface area (Å²) < 4.78 is 13.3. The lowest BCUT2D eigenvalue weighted by molar-refractivity contribution is 0.619. The molecule has 1 unspecified atom stereocenters. The predicted molar refractivity (Wildman–Crippen MR) is 94.2 cm³/mol. The van der Waals surface area contributed by atoms with Crippen LogP contribution in [0.3, 0.4) is 0 Å². The smallest absolute Gasteiger partial charge is 0.177 e. The highest BCUT2D eigenvalue weighted by atomic mass is 19.1. The number of imidazole rings is 1. The maximum absolute atomic E-state index is 13.3. The molecule has 0 amide bonds. The first-order chi connectivity index (χ1) is 12.2. The van der Waals surface area contributed by atoms with Gasteiger partial charge in [0.2, 0.25) is 0 Å². The number of fused-ring (bicyclic) bond motifs is 1. The summed E-state index contributed by atoms with van der Waals surface area (Å²) in [6.07, 6.45) is 5.76. The number of H-pyrrole nitrogens is 1. The number of hydrogen-bond donors (Lipinski definition) is 2. The summed E-state index contributed by atoms with van der Waals surface area (Å²) in [5, 5.41) is 0. The van der Waals surface area contributed by atoms with Gasteiger partial charge in [-0.3, -0.25) is 4.98 Å². The molecule has 1 atom stereocenters. The Hall–Kier alpha value is -3.12. The molecule has 0 aliphatic heterocycles. The van der Waals surface area contributed by atoms with Crippen molar-refractivity contribution in [3.05, 3.63) is 78.3 Å². The van der Waals surface area contributed by atoms with Gasteiger partial charge in [-0.25, -0.2) is 14.4 Å². The van der Waals surface area contributed by atoms with E-state index in [1.807, 2.05) is 24.3 Å². The van der Waals surface area contributed by atoms with Crippen LogP contribution < -0.4 is 5.73 Å². The fraction of sp³-hybridized carbons (Fsp3) is 0.105. The molecule has 0 saturated heterocycles. The van der Waals surface area contributed by atoms with E-state index >= 15 is 0 Å². The van der Waals surface area contributed by atoms with E-state index in [0.717, 1.165) is 22.2 Å². The van der Waals surface area contributed by atoms with Crippen LogP contribution in [0.1, 0.15) is 17.4 Å². The molecule has 5 nitrogen and oxygen atoms in total. The third-order valence-electron chi connectivity index (χ3n) is 4.07. The van der Waals surface area contributed by atoms with Crippen LogP contribution in [0.5, 0.6) is 0 Å². The van der Waals surface area contributed by atoms with Crippen LogP contribution in [0, 0.1) is 5.82 Å². The number of pyridine rings is 2. The Balaban J connectivity index is 1.62. The van der Waals surface area contributed by atoms with Crippen molar-refractivity contribution in [3.8, 4) is 11.1 Å². The molecule has 0 radical (unpaired) electrons. The van der Waals surface area contributed by atoms with E-state index in [2.05, 4.69) is 19.9 Å². The normalized spacial score (nSPS) is 12.4. The van der Waals surface area contributed by atoms with Gasteiger partial charge < -0.3 is 10.7 Å². The number of nitrogens with one attached hydrogen (secondary N) is 1. The number of nitrogens with zero attached hydrogens (tertiary/aromatic N) is 3. The van der Waals surface area contributed by atoms with Crippen LogP contribution in [0.15, 0.2) is 61.1 Å². The lowest BCUT2D eigenvalue weighted by Gasteiger charge is -2.08. The first kappa shape index (κ1) is 15.4. The average Bonchev–Trinajstić information content (AvgIpc) is 3.06. The number of aromatic amines is 1. The van der Waals surface area contributed by atoms with Gasteiger partial charge >= 0.3 is 0 Å². The zero-order valence-corrected chi connectivity index (χ0v) is 13.4. The Morgan fingerprint density at radius 3 is 2.72 bits per heavy atom. The summed E-state index contributed by atoms with van der Waals surface area (Å²) in [7, 11) is 0. The second-order valence-corrected chi connectivity index (χ2v) is 5.89. The van der Waals surface area contributed by atoms with Crippen LogP contribution in [0.2, 0.25) is 0 Å². The number of nitrogens with two attached hydrogens (primary N) is 1. The van der Waals surface area contributed by atoms with E-state index in [9.17, 15) is 4.39 Å². The van der Waals surface area contributed by atoms with Gasteiger partial charge in [-0.05, 0) is 47.9 Å². The largest absolute Gasteiger partial charge is 0.339 e. The molecule has 1 aromatic carbocycles. The number of benzene rings is 1. The minimum atomic E-state index is -0.361. The summed E-state index contributed by atoms with van der Waals surface area (Å²) in [5.74, 6) is 0.372. The Labute approximate surface area is 143 Å². The molecule has 4 aromatic rings. The number of halogens is 1. The van der Waals surface area contributed by atoms with Crippen molar-refractivity contribution in [1.82, 2.24) is 19.9 Å². The number of aromatic nitrogens is 4. The first-order valence-electron chi connectivity index (χ1n) is 7.95. The standard InChI is InChI=1S/C19H16FN5/c20-15-3-1-2-12(8-15)9-16(21)18-24-17-10-14(11-23-19(17)25-18)13-4-6-22-7-5-13/h1-8,10-11,16H,9,21H2,(H,23,24,25). The van der Waals surface area contributed by atoms with E-state index in [-0.39, 0.29) is 11.9 Å².